The van der Waals surface area contributed by atoms with E-state index in [0.717, 1.165) is 62.1 Å². The van der Waals surface area contributed by atoms with Crippen LogP contribution in [0.25, 0.3) is 21.8 Å². The van der Waals surface area contributed by atoms with Crippen molar-refractivity contribution in [2.75, 3.05) is 33.3 Å². The first kappa shape index (κ1) is 24.7. The Morgan fingerprint density at radius 1 is 0.921 bits per heavy atom. The summed E-state index contributed by atoms with van der Waals surface area (Å²) in [6.45, 7) is 3.50. The molecule has 2 fully saturated rings. The number of imide groups is 1. The third-order valence-corrected chi connectivity index (χ3v) is 8.35. The molecule has 1 atom stereocenters. The number of unbranched alkanes of at least 4 members (excludes halogenated alkanes) is 1. The van der Waals surface area contributed by atoms with Crippen molar-refractivity contribution in [3.63, 3.8) is 0 Å². The van der Waals surface area contributed by atoms with Gasteiger partial charge in [0, 0.05) is 47.2 Å². The molecule has 2 aromatic heterocycles. The maximum Gasteiger partial charge on any atom is 0.237 e. The van der Waals surface area contributed by atoms with E-state index in [2.05, 4.69) is 33.2 Å². The molecule has 0 spiro atoms. The minimum atomic E-state index is -0.540. The number of amides is 2. The van der Waals surface area contributed by atoms with E-state index in [-0.39, 0.29) is 24.1 Å². The highest BCUT2D eigenvalue weighted by atomic mass is 19.1. The Labute approximate surface area is 220 Å². The predicted octanol–water partition coefficient (Wildman–Crippen LogP) is 5.30. The second kappa shape index (κ2) is 10.3. The average molecular weight is 517 g/mol. The maximum absolute atomic E-state index is 13.8. The molecule has 2 amide bonds. The van der Waals surface area contributed by atoms with Crippen LogP contribution in [0.5, 0.6) is 5.75 Å². The largest absolute Gasteiger partial charge is 0.497 e. The molecule has 38 heavy (non-hydrogen) atoms. The molecule has 7 nitrogen and oxygen atoms in total. The lowest BCUT2D eigenvalue weighted by Gasteiger charge is -2.32. The normalized spacial score (nSPS) is 19.3. The van der Waals surface area contributed by atoms with Crippen molar-refractivity contribution in [3.05, 3.63) is 65.7 Å². The number of aromatic amines is 2. The molecule has 0 aliphatic carbocycles. The minimum Gasteiger partial charge on any atom is -0.497 e. The molecule has 4 heterocycles. The fraction of sp³-hybridized carbons (Fsp3) is 0.400. The van der Waals surface area contributed by atoms with Crippen LogP contribution in [-0.2, 0) is 9.59 Å². The third-order valence-electron chi connectivity index (χ3n) is 8.35. The number of methoxy groups -OCH3 is 1. The number of hydrogen-bond donors (Lipinski definition) is 2. The fourth-order valence-corrected chi connectivity index (χ4v) is 6.22. The van der Waals surface area contributed by atoms with Crippen LogP contribution in [0.1, 0.15) is 55.1 Å². The number of hydrogen-bond acceptors (Lipinski definition) is 4. The minimum absolute atomic E-state index is 0.137. The smallest absolute Gasteiger partial charge is 0.237 e. The van der Waals surface area contributed by atoms with Gasteiger partial charge in [-0.05, 0) is 98.8 Å². The van der Waals surface area contributed by atoms with E-state index >= 15 is 0 Å². The van der Waals surface area contributed by atoms with Crippen molar-refractivity contribution in [2.45, 2.75) is 43.9 Å². The molecule has 0 radical (unpaired) electrons. The topological polar surface area (TPSA) is 81.4 Å². The van der Waals surface area contributed by atoms with Gasteiger partial charge < -0.3 is 19.6 Å². The highest BCUT2D eigenvalue weighted by molar-refractivity contribution is 6.08. The number of benzene rings is 2. The first-order valence-electron chi connectivity index (χ1n) is 13.5. The van der Waals surface area contributed by atoms with E-state index in [1.807, 2.05) is 6.07 Å². The van der Waals surface area contributed by atoms with Gasteiger partial charge in [0.2, 0.25) is 11.8 Å². The summed E-state index contributed by atoms with van der Waals surface area (Å²) < 4.78 is 19.2. The monoisotopic (exact) mass is 516 g/mol. The van der Waals surface area contributed by atoms with Crippen LogP contribution < -0.4 is 4.74 Å². The summed E-state index contributed by atoms with van der Waals surface area (Å²) in [5, 5.41) is 1.92. The Hall–Kier alpha value is -3.65. The zero-order valence-electron chi connectivity index (χ0n) is 21.6. The SMILES string of the molecule is COc1ccc2[nH]cc(C3CCN(CCCCN4C(=O)CC(c5c[nH]c6ccc(F)cc56)C4=O)CC3)c2c1. The van der Waals surface area contributed by atoms with Gasteiger partial charge in [0.15, 0.2) is 0 Å². The molecule has 2 saturated heterocycles. The van der Waals surface area contributed by atoms with E-state index in [0.29, 0.717) is 23.4 Å². The molecule has 1 unspecified atom stereocenters. The van der Waals surface area contributed by atoms with E-state index in [9.17, 15) is 14.0 Å². The molecule has 6 rings (SSSR count). The summed E-state index contributed by atoms with van der Waals surface area (Å²) in [4.78, 5) is 36.2. The summed E-state index contributed by atoms with van der Waals surface area (Å²) >= 11 is 0. The molecule has 2 aliphatic heterocycles. The fourth-order valence-electron chi connectivity index (χ4n) is 6.22. The zero-order chi connectivity index (χ0) is 26.2. The molecule has 0 saturated carbocycles. The molecular formula is C30H33FN4O3. The van der Waals surface area contributed by atoms with Crippen molar-refractivity contribution < 1.29 is 18.7 Å². The van der Waals surface area contributed by atoms with Gasteiger partial charge in [-0.1, -0.05) is 0 Å². The number of H-pyrrole nitrogens is 2. The van der Waals surface area contributed by atoms with Crippen LogP contribution in [0.3, 0.4) is 0 Å². The third kappa shape index (κ3) is 4.58. The summed E-state index contributed by atoms with van der Waals surface area (Å²) in [6, 6.07) is 10.7. The van der Waals surface area contributed by atoms with E-state index < -0.39 is 5.92 Å². The maximum atomic E-state index is 13.8. The summed E-state index contributed by atoms with van der Waals surface area (Å²) in [5.74, 6) is 0.215. The number of ether oxygens (including phenoxy) is 1. The summed E-state index contributed by atoms with van der Waals surface area (Å²) in [6.07, 6.45) is 7.98. The van der Waals surface area contributed by atoms with Crippen molar-refractivity contribution in [3.8, 4) is 5.75 Å². The highest BCUT2D eigenvalue weighted by Gasteiger charge is 2.40. The molecular weight excluding hydrogens is 483 g/mol. The lowest BCUT2D eigenvalue weighted by atomic mass is 9.89. The van der Waals surface area contributed by atoms with Gasteiger partial charge in [-0.2, -0.15) is 0 Å². The number of nitrogens with one attached hydrogen (secondary N) is 2. The van der Waals surface area contributed by atoms with Gasteiger partial charge in [-0.15, -0.1) is 0 Å². The lowest BCUT2D eigenvalue weighted by Crippen LogP contribution is -2.35. The van der Waals surface area contributed by atoms with Gasteiger partial charge in [0.25, 0.3) is 0 Å². The van der Waals surface area contributed by atoms with Crippen LogP contribution in [0.2, 0.25) is 0 Å². The number of likely N-dealkylation sites (tertiary alicyclic amines) is 2. The molecule has 198 valence electrons. The Balaban J connectivity index is 0.991. The number of nitrogens with zero attached hydrogens (tertiary/aromatic N) is 2. The Morgan fingerprint density at radius 2 is 1.61 bits per heavy atom. The van der Waals surface area contributed by atoms with Crippen LogP contribution in [0, 0.1) is 5.82 Å². The van der Waals surface area contributed by atoms with Gasteiger partial charge >= 0.3 is 0 Å². The molecule has 0 bridgehead atoms. The quantitative estimate of drug-likeness (QED) is 0.246. The van der Waals surface area contributed by atoms with Gasteiger partial charge in [0.05, 0.1) is 13.0 Å². The number of piperidine rings is 1. The van der Waals surface area contributed by atoms with Crippen molar-refractivity contribution in [1.29, 1.82) is 0 Å². The van der Waals surface area contributed by atoms with Crippen LogP contribution in [0.4, 0.5) is 4.39 Å². The zero-order valence-corrected chi connectivity index (χ0v) is 21.6. The van der Waals surface area contributed by atoms with E-state index in [4.69, 9.17) is 4.74 Å². The van der Waals surface area contributed by atoms with Crippen LogP contribution in [-0.4, -0.2) is 64.9 Å². The van der Waals surface area contributed by atoms with E-state index in [1.54, 1.807) is 19.4 Å². The van der Waals surface area contributed by atoms with Gasteiger partial charge in [-0.3, -0.25) is 14.5 Å². The van der Waals surface area contributed by atoms with Gasteiger partial charge in [-0.25, -0.2) is 4.39 Å². The standard InChI is InChI=1S/C30H33FN4O3/c1-38-21-5-7-28-23(15-21)25(17-32-28)19-8-12-34(13-9-19)10-2-3-11-35-29(36)16-24(30(35)37)26-18-33-27-6-4-20(31)14-22(26)27/h4-7,14-15,17-19,24,32-33H,2-3,8-13,16H2,1H3. The number of carbonyl (C=O) groups is 2. The Morgan fingerprint density at radius 3 is 2.37 bits per heavy atom. The molecule has 4 aromatic rings. The number of fused-ring (bicyclic) bond motifs is 2. The molecule has 2 N–H and O–H groups in total. The predicted molar refractivity (Wildman–Crippen MR) is 145 cm³/mol. The first-order valence-corrected chi connectivity index (χ1v) is 13.5. The molecule has 2 aliphatic rings. The Bertz CT molecular complexity index is 1480. The molecule has 2 aromatic carbocycles. The lowest BCUT2D eigenvalue weighted by molar-refractivity contribution is -0.138. The highest BCUT2D eigenvalue weighted by Crippen LogP contribution is 2.36. The van der Waals surface area contributed by atoms with Crippen molar-refractivity contribution >= 4 is 33.6 Å². The Kier molecular flexibility index (Phi) is 6.66. The summed E-state index contributed by atoms with van der Waals surface area (Å²) in [5.41, 5.74) is 4.00. The van der Waals surface area contributed by atoms with Crippen LogP contribution >= 0.6 is 0 Å². The number of carbonyl (C=O) groups excluding carboxylic acids is 2. The molecule has 8 heteroatoms. The van der Waals surface area contributed by atoms with Crippen LogP contribution in [0.15, 0.2) is 48.8 Å². The van der Waals surface area contributed by atoms with Crippen molar-refractivity contribution in [1.82, 2.24) is 19.8 Å². The number of halogens is 1. The van der Waals surface area contributed by atoms with E-state index in [1.165, 1.54) is 28.0 Å². The van der Waals surface area contributed by atoms with Crippen molar-refractivity contribution in [2.24, 2.45) is 0 Å². The average Bonchev–Trinajstić information content (AvgIpc) is 3.62. The second-order valence-corrected chi connectivity index (χ2v) is 10.6. The number of rotatable bonds is 8. The van der Waals surface area contributed by atoms with Gasteiger partial charge in [0.1, 0.15) is 11.6 Å². The first-order chi connectivity index (χ1) is 18.5. The number of aromatic nitrogens is 2. The second-order valence-electron chi connectivity index (χ2n) is 10.6. The summed E-state index contributed by atoms with van der Waals surface area (Å²) in [7, 11) is 1.70.